The lowest BCUT2D eigenvalue weighted by molar-refractivity contribution is 0.276. The summed E-state index contributed by atoms with van der Waals surface area (Å²) in [5.74, 6) is 0.148. The first-order valence-corrected chi connectivity index (χ1v) is 5.53. The third-order valence-corrected chi connectivity index (χ3v) is 3.07. The van der Waals surface area contributed by atoms with Crippen molar-refractivity contribution < 1.29 is 10.2 Å². The van der Waals surface area contributed by atoms with E-state index in [1.165, 1.54) is 0 Å². The van der Waals surface area contributed by atoms with Gasteiger partial charge in [0.05, 0.1) is 6.61 Å². The van der Waals surface area contributed by atoms with E-state index >= 15 is 0 Å². The molecule has 84 valence electrons. The minimum atomic E-state index is -0.144. The minimum Gasteiger partial charge on any atom is -0.508 e. The largest absolute Gasteiger partial charge is 0.508 e. The fourth-order valence-corrected chi connectivity index (χ4v) is 2.15. The molecule has 0 unspecified atom stereocenters. The highest BCUT2D eigenvalue weighted by atomic mass is 16.3. The topological polar surface area (TPSA) is 40.5 Å². The number of hydrogen-bond donors (Lipinski definition) is 2. The van der Waals surface area contributed by atoms with Crippen molar-refractivity contribution in [3.63, 3.8) is 0 Å². The molecule has 0 aliphatic carbocycles. The Hall–Kier alpha value is -2.06. The van der Waals surface area contributed by atoms with Crippen LogP contribution in [0, 0.1) is 0 Å². The molecular weight excluding hydrogens is 212 g/mol. The van der Waals surface area contributed by atoms with Crippen LogP contribution in [-0.4, -0.2) is 10.2 Å². The van der Waals surface area contributed by atoms with E-state index in [0.29, 0.717) is 5.56 Å². The maximum absolute atomic E-state index is 9.72. The molecule has 0 saturated carbocycles. The zero-order chi connectivity index (χ0) is 11.8. The number of aliphatic hydroxyl groups excluding tert-OH is 1. The predicted octanol–water partition coefficient (Wildman–Crippen LogP) is 3.19. The molecule has 2 heteroatoms. The predicted molar refractivity (Wildman–Crippen MR) is 69.0 cm³/mol. The van der Waals surface area contributed by atoms with Crippen molar-refractivity contribution in [1.29, 1.82) is 0 Å². The lowest BCUT2D eigenvalue weighted by atomic mass is 10.0. The Labute approximate surface area is 98.7 Å². The summed E-state index contributed by atoms with van der Waals surface area (Å²) in [5, 5.41) is 23.2. The van der Waals surface area contributed by atoms with Crippen LogP contribution < -0.4 is 0 Å². The molecule has 3 rings (SSSR count). The van der Waals surface area contributed by atoms with Crippen LogP contribution in [0.15, 0.2) is 48.5 Å². The van der Waals surface area contributed by atoms with E-state index in [1.807, 2.05) is 30.3 Å². The molecule has 0 heterocycles. The van der Waals surface area contributed by atoms with Crippen molar-refractivity contribution in [2.45, 2.75) is 6.61 Å². The van der Waals surface area contributed by atoms with E-state index < -0.39 is 0 Å². The van der Waals surface area contributed by atoms with Gasteiger partial charge >= 0.3 is 0 Å². The molecule has 0 amide bonds. The number of hydrogen-bond acceptors (Lipinski definition) is 2. The van der Waals surface area contributed by atoms with E-state index in [9.17, 15) is 5.11 Å². The van der Waals surface area contributed by atoms with Gasteiger partial charge in [0.25, 0.3) is 0 Å². The Bertz CT molecular complexity index is 702. The third kappa shape index (κ3) is 1.63. The second-order valence-corrected chi connectivity index (χ2v) is 4.19. The van der Waals surface area contributed by atoms with Gasteiger partial charge in [0.15, 0.2) is 0 Å². The van der Waals surface area contributed by atoms with Gasteiger partial charge in [-0.3, -0.25) is 0 Å². The van der Waals surface area contributed by atoms with Crippen molar-refractivity contribution in [1.82, 2.24) is 0 Å². The summed E-state index contributed by atoms with van der Waals surface area (Å²) in [6.07, 6.45) is 0. The summed E-state index contributed by atoms with van der Waals surface area (Å²) in [6.45, 7) is -0.144. The molecule has 0 bridgehead atoms. The van der Waals surface area contributed by atoms with Gasteiger partial charge in [-0.1, -0.05) is 24.3 Å². The third-order valence-electron chi connectivity index (χ3n) is 3.07. The van der Waals surface area contributed by atoms with Crippen LogP contribution in [0.2, 0.25) is 0 Å². The fourth-order valence-electron chi connectivity index (χ4n) is 2.15. The smallest absolute Gasteiger partial charge is 0.121 e. The van der Waals surface area contributed by atoms with Gasteiger partial charge in [0.2, 0.25) is 0 Å². The molecule has 0 saturated heterocycles. The van der Waals surface area contributed by atoms with E-state index in [1.54, 1.807) is 6.07 Å². The number of aromatic hydroxyl groups is 1. The Balaban J connectivity index is 2.40. The summed E-state index contributed by atoms with van der Waals surface area (Å²) in [7, 11) is 0. The molecule has 3 aromatic carbocycles. The van der Waals surface area contributed by atoms with Crippen LogP contribution in [0.3, 0.4) is 0 Å². The summed E-state index contributed by atoms with van der Waals surface area (Å²) in [5.41, 5.74) is 0.563. The quantitative estimate of drug-likeness (QED) is 0.623. The number of fused-ring (bicyclic) bond motifs is 2. The molecule has 0 aliphatic rings. The summed E-state index contributed by atoms with van der Waals surface area (Å²) >= 11 is 0. The van der Waals surface area contributed by atoms with Crippen molar-refractivity contribution in [3.8, 4) is 5.75 Å². The van der Waals surface area contributed by atoms with Crippen molar-refractivity contribution in [3.05, 3.63) is 54.1 Å². The van der Waals surface area contributed by atoms with Gasteiger partial charge in [-0.15, -0.1) is 0 Å². The molecule has 0 spiro atoms. The highest BCUT2D eigenvalue weighted by Gasteiger charge is 2.04. The summed E-state index contributed by atoms with van der Waals surface area (Å²) in [6, 6.07) is 15.8. The average Bonchev–Trinajstić information content (AvgIpc) is 2.35. The monoisotopic (exact) mass is 224 g/mol. The summed E-state index contributed by atoms with van der Waals surface area (Å²) < 4.78 is 0. The van der Waals surface area contributed by atoms with Crippen LogP contribution in [0.25, 0.3) is 21.5 Å². The van der Waals surface area contributed by atoms with Gasteiger partial charge in [-0.25, -0.2) is 0 Å². The van der Waals surface area contributed by atoms with E-state index in [4.69, 9.17) is 5.11 Å². The number of benzene rings is 3. The van der Waals surface area contributed by atoms with Crippen LogP contribution in [0.4, 0.5) is 0 Å². The minimum absolute atomic E-state index is 0.144. The fraction of sp³-hybridized carbons (Fsp3) is 0.0667. The van der Waals surface area contributed by atoms with Crippen LogP contribution in [0.1, 0.15) is 5.56 Å². The summed E-state index contributed by atoms with van der Waals surface area (Å²) in [4.78, 5) is 0. The zero-order valence-corrected chi connectivity index (χ0v) is 9.22. The van der Waals surface area contributed by atoms with Crippen LogP contribution in [-0.2, 0) is 6.61 Å². The molecule has 2 nitrogen and oxygen atoms in total. The van der Waals surface area contributed by atoms with Crippen LogP contribution in [0.5, 0.6) is 5.75 Å². The second-order valence-electron chi connectivity index (χ2n) is 4.19. The molecule has 0 fully saturated rings. The lowest BCUT2D eigenvalue weighted by Crippen LogP contribution is -1.85. The van der Waals surface area contributed by atoms with E-state index in [2.05, 4.69) is 12.1 Å². The first-order valence-electron chi connectivity index (χ1n) is 5.53. The molecule has 2 N–H and O–H groups in total. The average molecular weight is 224 g/mol. The number of phenols is 1. The van der Waals surface area contributed by atoms with Gasteiger partial charge < -0.3 is 10.2 Å². The van der Waals surface area contributed by atoms with Gasteiger partial charge in [-0.2, -0.15) is 0 Å². The van der Waals surface area contributed by atoms with Crippen molar-refractivity contribution in [2.75, 3.05) is 0 Å². The van der Waals surface area contributed by atoms with E-state index in [0.717, 1.165) is 21.5 Å². The zero-order valence-electron chi connectivity index (χ0n) is 9.22. The SMILES string of the molecule is OCc1cc2cc3ccccc3cc2cc1O. The number of rotatable bonds is 1. The molecule has 0 radical (unpaired) electrons. The van der Waals surface area contributed by atoms with Gasteiger partial charge in [0.1, 0.15) is 5.75 Å². The molecule has 3 aromatic rings. The molecular formula is C15H12O2. The molecule has 17 heavy (non-hydrogen) atoms. The first-order chi connectivity index (χ1) is 8.28. The van der Waals surface area contributed by atoms with Crippen LogP contribution >= 0.6 is 0 Å². The Morgan fingerprint density at radius 1 is 0.765 bits per heavy atom. The highest BCUT2D eigenvalue weighted by molar-refractivity contribution is 5.99. The standard InChI is InChI=1S/C15H12O2/c16-9-14-7-12-5-10-3-1-2-4-11(10)6-13(12)8-15(14)17/h1-8,16-17H,9H2. The normalized spacial score (nSPS) is 11.1. The Morgan fingerprint density at radius 3 is 1.94 bits per heavy atom. The van der Waals surface area contributed by atoms with Gasteiger partial charge in [-0.05, 0) is 45.8 Å². The molecule has 0 aromatic heterocycles. The van der Waals surface area contributed by atoms with Crippen molar-refractivity contribution >= 4 is 21.5 Å². The Morgan fingerprint density at radius 2 is 1.35 bits per heavy atom. The maximum atomic E-state index is 9.72. The lowest BCUT2D eigenvalue weighted by Gasteiger charge is -2.06. The van der Waals surface area contributed by atoms with Gasteiger partial charge in [0, 0.05) is 5.56 Å². The number of aliphatic hydroxyl groups is 1. The molecule has 0 aliphatic heterocycles. The first kappa shape index (κ1) is 10.1. The van der Waals surface area contributed by atoms with Crippen molar-refractivity contribution in [2.24, 2.45) is 0 Å². The highest BCUT2D eigenvalue weighted by Crippen LogP contribution is 2.28. The second kappa shape index (κ2) is 3.75. The molecule has 0 atom stereocenters. The Kier molecular flexibility index (Phi) is 2.23. The maximum Gasteiger partial charge on any atom is 0.121 e. The van der Waals surface area contributed by atoms with E-state index in [-0.39, 0.29) is 12.4 Å².